The van der Waals surface area contributed by atoms with Gasteiger partial charge in [0.2, 0.25) is 0 Å². The van der Waals surface area contributed by atoms with Gasteiger partial charge in [-0.05, 0) is 19.1 Å². The van der Waals surface area contributed by atoms with Gasteiger partial charge in [-0.15, -0.1) is 0 Å². The summed E-state index contributed by atoms with van der Waals surface area (Å²) in [6.45, 7) is 2.10. The van der Waals surface area contributed by atoms with Crippen LogP contribution < -0.4 is 16.2 Å². The van der Waals surface area contributed by atoms with Crippen LogP contribution in [0.1, 0.15) is 35.1 Å². The highest BCUT2D eigenvalue weighted by atomic mass is 19.1. The van der Waals surface area contributed by atoms with Gasteiger partial charge >= 0.3 is 5.69 Å². The number of benzene rings is 2. The minimum Gasteiger partial charge on any atom is -0.507 e. The summed E-state index contributed by atoms with van der Waals surface area (Å²) in [7, 11) is 0. The lowest BCUT2D eigenvalue weighted by molar-refractivity contribution is -0.364. The van der Waals surface area contributed by atoms with E-state index in [0.717, 1.165) is 5.56 Å². The number of nitrogens with one attached hydrogen (secondary N) is 2. The van der Waals surface area contributed by atoms with Gasteiger partial charge in [0.1, 0.15) is 22.9 Å². The van der Waals surface area contributed by atoms with E-state index in [-0.39, 0.29) is 16.9 Å². The smallest absolute Gasteiger partial charge is 0.415 e. The van der Waals surface area contributed by atoms with E-state index in [9.17, 15) is 19.1 Å². The highest BCUT2D eigenvalue weighted by Crippen LogP contribution is 2.43. The number of allylic oxidation sites excluding steroid dienone is 1. The molecule has 0 fully saturated rings. The van der Waals surface area contributed by atoms with E-state index in [2.05, 4.69) is 9.98 Å². The van der Waals surface area contributed by atoms with Crippen molar-refractivity contribution in [2.75, 3.05) is 0 Å². The van der Waals surface area contributed by atoms with Gasteiger partial charge in [0.25, 0.3) is 11.4 Å². The van der Waals surface area contributed by atoms with Crippen LogP contribution in [0.5, 0.6) is 0 Å². The summed E-state index contributed by atoms with van der Waals surface area (Å²) in [6, 6.07) is 13.4. The Hall–Kier alpha value is -3.74. The summed E-state index contributed by atoms with van der Waals surface area (Å²) in [6.07, 6.45) is 0. The molecular weight excluding hydrogens is 373 g/mol. The van der Waals surface area contributed by atoms with Gasteiger partial charge in [-0.2, -0.15) is 4.57 Å². The number of hydrogen-bond acceptors (Lipinski definition) is 3. The highest BCUT2D eigenvalue weighted by Gasteiger charge is 2.44. The van der Waals surface area contributed by atoms with Crippen LogP contribution in [0.2, 0.25) is 0 Å². The van der Waals surface area contributed by atoms with E-state index >= 15 is 0 Å². The number of nitrogens with zero attached hydrogens (tertiary/aromatic N) is 1. The number of hydrogen-bond donors (Lipinski definition) is 3. The zero-order valence-corrected chi connectivity index (χ0v) is 15.5. The van der Waals surface area contributed by atoms with Crippen LogP contribution in [-0.4, -0.2) is 20.4 Å². The monoisotopic (exact) mass is 390 g/mol. The molecule has 2 aromatic carbocycles. The molecule has 0 radical (unpaired) electrons. The van der Waals surface area contributed by atoms with Crippen molar-refractivity contribution in [2.24, 2.45) is 0 Å². The first-order valence-corrected chi connectivity index (χ1v) is 9.31. The molecule has 1 unspecified atom stereocenters. The molecule has 7 heteroatoms. The molecule has 5 rings (SSSR count). The molecule has 0 saturated carbocycles. The van der Waals surface area contributed by atoms with E-state index in [1.807, 2.05) is 12.1 Å². The van der Waals surface area contributed by atoms with Crippen molar-refractivity contribution in [3.8, 4) is 0 Å². The van der Waals surface area contributed by atoms with Crippen LogP contribution in [0.3, 0.4) is 0 Å². The largest absolute Gasteiger partial charge is 0.507 e. The SMILES string of the molecule is CCn1c2c(c(=O)[nH]c1=O)C(c1ccccc1F)C1=C(O)c3ccccc3C1=[NH+]2. The fourth-order valence-corrected chi connectivity index (χ4v) is 4.31. The molecule has 1 atom stereocenters. The molecule has 1 aromatic heterocycles. The summed E-state index contributed by atoms with van der Waals surface area (Å²) in [5.41, 5.74) is 1.65. The lowest BCUT2D eigenvalue weighted by atomic mass is 9.81. The van der Waals surface area contributed by atoms with Gasteiger partial charge in [0.15, 0.2) is 0 Å². The number of aliphatic hydroxyl groups excluding tert-OH is 1. The molecule has 3 N–H and O–H groups in total. The Labute approximate surface area is 164 Å². The Bertz CT molecular complexity index is 1360. The standard InChI is InChI=1S/C22H16FN3O3/c1-2-26-20-17(21(28)25-22(26)29)15(13-9-5-6-10-14(13)23)16-18(24-20)11-7-3-4-8-12(11)19(16)27/h3-10,15,27H,2H2,1H3,(H,25,28,29)/p+1. The molecule has 2 aliphatic rings. The maximum atomic E-state index is 14.9. The van der Waals surface area contributed by atoms with Crippen LogP contribution in [0.4, 0.5) is 10.2 Å². The van der Waals surface area contributed by atoms with Crippen LogP contribution in [0.15, 0.2) is 63.7 Å². The lowest BCUT2D eigenvalue weighted by Crippen LogP contribution is -2.72. The van der Waals surface area contributed by atoms with E-state index in [1.54, 1.807) is 37.3 Å². The molecule has 0 saturated heterocycles. The molecule has 29 heavy (non-hydrogen) atoms. The first kappa shape index (κ1) is 17.4. The topological polar surface area (TPSA) is 89.1 Å². The van der Waals surface area contributed by atoms with Gasteiger partial charge in [-0.3, -0.25) is 9.78 Å². The first-order chi connectivity index (χ1) is 14.0. The molecule has 3 aromatic rings. The fraction of sp³-hybridized carbons (Fsp3) is 0.136. The second-order valence-corrected chi connectivity index (χ2v) is 7.03. The minimum atomic E-state index is -0.864. The van der Waals surface area contributed by atoms with Gasteiger partial charge < -0.3 is 5.11 Å². The predicted molar refractivity (Wildman–Crippen MR) is 106 cm³/mol. The van der Waals surface area contributed by atoms with Crippen LogP contribution >= 0.6 is 0 Å². The normalized spacial score (nSPS) is 16.9. The number of aromatic amines is 1. The maximum absolute atomic E-state index is 14.9. The van der Waals surface area contributed by atoms with Crippen molar-refractivity contribution in [3.63, 3.8) is 0 Å². The summed E-state index contributed by atoms with van der Waals surface area (Å²) in [5.74, 6) is -1.04. The van der Waals surface area contributed by atoms with Crippen molar-refractivity contribution in [2.45, 2.75) is 19.4 Å². The van der Waals surface area contributed by atoms with Crippen molar-refractivity contribution < 1.29 is 14.5 Å². The molecule has 0 amide bonds. The van der Waals surface area contributed by atoms with E-state index in [1.165, 1.54) is 10.6 Å². The van der Waals surface area contributed by atoms with Crippen molar-refractivity contribution in [1.82, 2.24) is 9.55 Å². The minimum absolute atomic E-state index is 0.00403. The van der Waals surface area contributed by atoms with Gasteiger partial charge in [-0.1, -0.05) is 36.4 Å². The molecule has 2 heterocycles. The molecule has 0 bridgehead atoms. The number of H-pyrrole nitrogens is 1. The molecule has 1 aliphatic heterocycles. The fourth-order valence-electron chi connectivity index (χ4n) is 4.31. The number of fused-ring (bicyclic) bond motifs is 4. The Kier molecular flexibility index (Phi) is 3.67. The molecular formula is C22H17FN3O3+. The second-order valence-electron chi connectivity index (χ2n) is 7.03. The first-order valence-electron chi connectivity index (χ1n) is 9.31. The van der Waals surface area contributed by atoms with E-state index in [0.29, 0.717) is 29.2 Å². The zero-order chi connectivity index (χ0) is 20.3. The predicted octanol–water partition coefficient (Wildman–Crippen LogP) is 1.33. The maximum Gasteiger partial charge on any atom is 0.415 e. The number of aliphatic hydroxyl groups is 1. The van der Waals surface area contributed by atoms with Crippen molar-refractivity contribution in [3.05, 3.63) is 103 Å². The van der Waals surface area contributed by atoms with Gasteiger partial charge in [-0.25, -0.2) is 14.2 Å². The average Bonchev–Trinajstić information content (AvgIpc) is 3.00. The Balaban J connectivity index is 1.96. The molecule has 144 valence electrons. The Morgan fingerprint density at radius 2 is 1.79 bits per heavy atom. The van der Waals surface area contributed by atoms with E-state index < -0.39 is 23.0 Å². The summed E-state index contributed by atoms with van der Waals surface area (Å²) >= 11 is 0. The third-order valence-corrected chi connectivity index (χ3v) is 5.56. The van der Waals surface area contributed by atoms with Gasteiger partial charge in [0, 0.05) is 16.7 Å². The number of aromatic nitrogens is 2. The van der Waals surface area contributed by atoms with Crippen LogP contribution in [0, 0.1) is 5.82 Å². The quantitative estimate of drug-likeness (QED) is 0.617. The lowest BCUT2D eigenvalue weighted by Gasteiger charge is -2.23. The Morgan fingerprint density at radius 3 is 2.52 bits per heavy atom. The summed E-state index contributed by atoms with van der Waals surface area (Å²) in [4.78, 5) is 30.8. The van der Waals surface area contributed by atoms with Crippen molar-refractivity contribution >= 4 is 17.3 Å². The average molecular weight is 390 g/mol. The second kappa shape index (κ2) is 6.13. The Morgan fingerprint density at radius 1 is 1.10 bits per heavy atom. The zero-order valence-electron chi connectivity index (χ0n) is 15.5. The van der Waals surface area contributed by atoms with Crippen LogP contribution in [0.25, 0.3) is 5.76 Å². The van der Waals surface area contributed by atoms with E-state index in [4.69, 9.17) is 0 Å². The summed E-state index contributed by atoms with van der Waals surface area (Å²) < 4.78 is 16.3. The third-order valence-electron chi connectivity index (χ3n) is 5.56. The number of halogens is 1. The third kappa shape index (κ3) is 2.30. The highest BCUT2D eigenvalue weighted by molar-refractivity contribution is 6.21. The van der Waals surface area contributed by atoms with Gasteiger partial charge in [0.05, 0.1) is 18.0 Å². The van der Waals surface area contributed by atoms with Crippen LogP contribution in [-0.2, 0) is 6.54 Å². The molecule has 6 nitrogen and oxygen atoms in total. The molecule has 0 spiro atoms. The summed E-state index contributed by atoms with van der Waals surface area (Å²) in [5, 5.41) is 11.0. The number of rotatable bonds is 2. The molecule has 1 aliphatic carbocycles. The van der Waals surface area contributed by atoms with Crippen molar-refractivity contribution in [1.29, 1.82) is 0 Å².